The van der Waals surface area contributed by atoms with E-state index in [0.717, 1.165) is 18.4 Å². The molecule has 4 rings (SSSR count). The number of aromatic nitrogens is 1. The first-order chi connectivity index (χ1) is 13.7. The lowest BCUT2D eigenvalue weighted by Crippen LogP contribution is -2.36. The van der Waals surface area contributed by atoms with Gasteiger partial charge in [0.05, 0.1) is 6.04 Å². The number of nitrogens with zero attached hydrogens (tertiary/aromatic N) is 1. The highest BCUT2D eigenvalue weighted by Crippen LogP contribution is 2.26. The molecule has 28 heavy (non-hydrogen) atoms. The fourth-order valence-corrected chi connectivity index (χ4v) is 3.52. The highest BCUT2D eigenvalue weighted by Gasteiger charge is 2.30. The smallest absolute Gasteiger partial charge is 0.241 e. The number of amides is 1. The average Bonchev–Trinajstić information content (AvgIpc) is 3.25. The van der Waals surface area contributed by atoms with Crippen molar-refractivity contribution in [3.63, 3.8) is 0 Å². The summed E-state index contributed by atoms with van der Waals surface area (Å²) in [7, 11) is 0. The fourth-order valence-electron chi connectivity index (χ4n) is 3.52. The number of carbonyl (C=O) groups is 2. The van der Waals surface area contributed by atoms with E-state index in [2.05, 4.69) is 15.6 Å². The Morgan fingerprint density at radius 1 is 0.929 bits per heavy atom. The van der Waals surface area contributed by atoms with Crippen LogP contribution in [0, 0.1) is 0 Å². The van der Waals surface area contributed by atoms with Crippen molar-refractivity contribution in [2.75, 3.05) is 5.32 Å². The van der Waals surface area contributed by atoms with E-state index in [0.29, 0.717) is 16.8 Å². The van der Waals surface area contributed by atoms with Gasteiger partial charge in [-0.25, -0.2) is 0 Å². The summed E-state index contributed by atoms with van der Waals surface area (Å²) in [5.41, 5.74) is 2.89. The van der Waals surface area contributed by atoms with Crippen molar-refractivity contribution in [2.45, 2.75) is 24.9 Å². The lowest BCUT2D eigenvalue weighted by Gasteiger charge is -2.15. The molecule has 0 bridgehead atoms. The van der Waals surface area contributed by atoms with E-state index in [1.54, 1.807) is 42.6 Å². The van der Waals surface area contributed by atoms with Crippen molar-refractivity contribution >= 4 is 17.4 Å². The number of hydrogen-bond donors (Lipinski definition) is 2. The van der Waals surface area contributed by atoms with E-state index in [1.807, 2.05) is 36.5 Å². The Morgan fingerprint density at radius 3 is 2.54 bits per heavy atom. The first-order valence-corrected chi connectivity index (χ1v) is 9.37. The minimum atomic E-state index is -0.265. The first-order valence-electron chi connectivity index (χ1n) is 9.37. The van der Waals surface area contributed by atoms with Crippen molar-refractivity contribution < 1.29 is 9.59 Å². The number of pyridine rings is 1. The molecule has 0 spiro atoms. The van der Waals surface area contributed by atoms with E-state index in [4.69, 9.17) is 0 Å². The Hall–Kier alpha value is -3.31. The highest BCUT2D eigenvalue weighted by molar-refractivity contribution is 6.09. The van der Waals surface area contributed by atoms with E-state index in [1.165, 1.54) is 0 Å². The molecule has 3 aromatic rings. The molecule has 0 saturated carbocycles. The van der Waals surface area contributed by atoms with Crippen molar-refractivity contribution in [1.29, 1.82) is 0 Å². The summed E-state index contributed by atoms with van der Waals surface area (Å²) in [6.07, 6.45) is 5.22. The third-order valence-corrected chi connectivity index (χ3v) is 4.98. The molecule has 2 atom stereocenters. The zero-order valence-corrected chi connectivity index (χ0v) is 15.3. The molecule has 1 amide bonds. The maximum atomic E-state index is 12.7. The lowest BCUT2D eigenvalue weighted by atomic mass is 10.0. The van der Waals surface area contributed by atoms with Gasteiger partial charge >= 0.3 is 0 Å². The molecule has 0 aliphatic carbocycles. The number of anilines is 1. The molecule has 5 nitrogen and oxygen atoms in total. The number of rotatable bonds is 5. The Kier molecular flexibility index (Phi) is 5.26. The lowest BCUT2D eigenvalue weighted by molar-refractivity contribution is -0.117. The zero-order chi connectivity index (χ0) is 19.3. The number of benzene rings is 2. The molecule has 1 saturated heterocycles. The molecule has 1 aliphatic rings. The van der Waals surface area contributed by atoms with Gasteiger partial charge in [-0.1, -0.05) is 48.5 Å². The van der Waals surface area contributed by atoms with E-state index in [-0.39, 0.29) is 23.8 Å². The van der Waals surface area contributed by atoms with Crippen LogP contribution in [0.15, 0.2) is 79.1 Å². The predicted octanol–water partition coefficient (Wildman–Crippen LogP) is 3.74. The van der Waals surface area contributed by atoms with Crippen molar-refractivity contribution in [3.8, 4) is 0 Å². The Bertz CT molecular complexity index is 973. The van der Waals surface area contributed by atoms with Crippen LogP contribution in [0.25, 0.3) is 0 Å². The van der Waals surface area contributed by atoms with Gasteiger partial charge in [-0.15, -0.1) is 0 Å². The second-order valence-corrected chi connectivity index (χ2v) is 6.90. The molecule has 0 radical (unpaired) electrons. The second-order valence-electron chi connectivity index (χ2n) is 6.90. The number of carbonyl (C=O) groups excluding carboxylic acids is 2. The van der Waals surface area contributed by atoms with Gasteiger partial charge in [0.2, 0.25) is 5.91 Å². The predicted molar refractivity (Wildman–Crippen MR) is 108 cm³/mol. The molecule has 5 heteroatoms. The van der Waals surface area contributed by atoms with E-state index in [9.17, 15) is 9.59 Å². The summed E-state index contributed by atoms with van der Waals surface area (Å²) in [6, 6.07) is 20.0. The minimum Gasteiger partial charge on any atom is -0.325 e. The Balaban J connectivity index is 1.42. The standard InChI is InChI=1S/C23H21N3O2/c27-22(16-6-2-1-3-7-16)17-8-4-10-19(14-17)25-23(28)21-12-11-20(26-21)18-9-5-13-24-15-18/h1-10,13-15,20-21,26H,11-12H2,(H,25,28). The van der Waals surface area contributed by atoms with Gasteiger partial charge < -0.3 is 5.32 Å². The van der Waals surface area contributed by atoms with Gasteiger partial charge in [0, 0.05) is 35.2 Å². The van der Waals surface area contributed by atoms with Crippen LogP contribution in [-0.2, 0) is 4.79 Å². The zero-order valence-electron chi connectivity index (χ0n) is 15.3. The van der Waals surface area contributed by atoms with Crippen molar-refractivity contribution in [2.24, 2.45) is 0 Å². The van der Waals surface area contributed by atoms with Crippen LogP contribution in [-0.4, -0.2) is 22.7 Å². The van der Waals surface area contributed by atoms with Crippen LogP contribution in [0.3, 0.4) is 0 Å². The summed E-state index contributed by atoms with van der Waals surface area (Å²) in [5.74, 6) is -0.150. The Labute approximate surface area is 163 Å². The van der Waals surface area contributed by atoms with Crippen LogP contribution < -0.4 is 10.6 Å². The van der Waals surface area contributed by atoms with Crippen LogP contribution in [0.2, 0.25) is 0 Å². The van der Waals surface area contributed by atoms with Gasteiger partial charge in [-0.2, -0.15) is 0 Å². The highest BCUT2D eigenvalue weighted by atomic mass is 16.2. The van der Waals surface area contributed by atoms with Crippen LogP contribution >= 0.6 is 0 Å². The van der Waals surface area contributed by atoms with Crippen molar-refractivity contribution in [3.05, 3.63) is 95.8 Å². The fraction of sp³-hybridized carbons (Fsp3) is 0.174. The molecule has 1 fully saturated rings. The number of hydrogen-bond acceptors (Lipinski definition) is 4. The number of ketones is 1. The second kappa shape index (κ2) is 8.15. The molecule has 2 heterocycles. The van der Waals surface area contributed by atoms with Crippen LogP contribution in [0.4, 0.5) is 5.69 Å². The monoisotopic (exact) mass is 371 g/mol. The quantitative estimate of drug-likeness (QED) is 0.670. The summed E-state index contributed by atoms with van der Waals surface area (Å²) < 4.78 is 0. The first kappa shape index (κ1) is 18.1. The topological polar surface area (TPSA) is 71.1 Å². The minimum absolute atomic E-state index is 0.0627. The summed E-state index contributed by atoms with van der Waals surface area (Å²) in [5, 5.41) is 6.30. The van der Waals surface area contributed by atoms with Gasteiger partial charge in [0.15, 0.2) is 5.78 Å². The maximum absolute atomic E-state index is 12.7. The summed E-state index contributed by atoms with van der Waals surface area (Å²) in [6.45, 7) is 0. The van der Waals surface area contributed by atoms with Crippen LogP contribution in [0.1, 0.15) is 40.4 Å². The number of nitrogens with one attached hydrogen (secondary N) is 2. The molecule has 2 unspecified atom stereocenters. The third kappa shape index (κ3) is 4.00. The molecule has 140 valence electrons. The van der Waals surface area contributed by atoms with Gasteiger partial charge in [0.1, 0.15) is 0 Å². The molecular weight excluding hydrogens is 350 g/mol. The molecule has 2 aromatic carbocycles. The maximum Gasteiger partial charge on any atom is 0.241 e. The Morgan fingerprint density at radius 2 is 1.75 bits per heavy atom. The van der Waals surface area contributed by atoms with E-state index >= 15 is 0 Å². The molecule has 1 aromatic heterocycles. The van der Waals surface area contributed by atoms with Gasteiger partial charge in [-0.3, -0.25) is 19.9 Å². The largest absolute Gasteiger partial charge is 0.325 e. The van der Waals surface area contributed by atoms with Gasteiger partial charge in [0.25, 0.3) is 0 Å². The molecular formula is C23H21N3O2. The average molecular weight is 371 g/mol. The molecule has 1 aliphatic heterocycles. The summed E-state index contributed by atoms with van der Waals surface area (Å²) >= 11 is 0. The van der Waals surface area contributed by atoms with Crippen LogP contribution in [0.5, 0.6) is 0 Å². The van der Waals surface area contributed by atoms with Gasteiger partial charge in [-0.05, 0) is 36.6 Å². The normalized spacial score (nSPS) is 18.6. The van der Waals surface area contributed by atoms with Crippen molar-refractivity contribution in [1.82, 2.24) is 10.3 Å². The third-order valence-electron chi connectivity index (χ3n) is 4.98. The van der Waals surface area contributed by atoms with E-state index < -0.39 is 0 Å². The molecule has 2 N–H and O–H groups in total. The summed E-state index contributed by atoms with van der Waals surface area (Å²) in [4.78, 5) is 29.4. The SMILES string of the molecule is O=C(c1ccccc1)c1cccc(NC(=O)C2CCC(c3cccnc3)N2)c1.